The van der Waals surface area contributed by atoms with E-state index in [1.165, 1.54) is 7.11 Å². The summed E-state index contributed by atoms with van der Waals surface area (Å²) < 4.78 is 4.95. The fraction of sp³-hybridized carbons (Fsp3) is 0.533. The van der Waals surface area contributed by atoms with Crippen LogP contribution in [0.1, 0.15) is 30.9 Å². The topological polar surface area (TPSA) is 72.5 Å². The minimum atomic E-state index is -0.878. The van der Waals surface area contributed by atoms with Crippen LogP contribution in [0.3, 0.4) is 0 Å². The molecular formula is C15H23NO3. The van der Waals surface area contributed by atoms with Crippen LogP contribution in [0.25, 0.3) is 0 Å². The van der Waals surface area contributed by atoms with Gasteiger partial charge in [0.25, 0.3) is 0 Å². The van der Waals surface area contributed by atoms with Gasteiger partial charge in [0.2, 0.25) is 0 Å². The van der Waals surface area contributed by atoms with E-state index in [2.05, 4.69) is 0 Å². The second-order valence-electron chi connectivity index (χ2n) is 4.98. The SMILES string of the molecule is COC(=O)C(CN)(CCC(C)O)c1ccccc1C. The normalized spacial score (nSPS) is 15.6. The summed E-state index contributed by atoms with van der Waals surface area (Å²) in [6.45, 7) is 3.82. The Labute approximate surface area is 114 Å². The van der Waals surface area contributed by atoms with Crippen molar-refractivity contribution in [1.82, 2.24) is 0 Å². The van der Waals surface area contributed by atoms with E-state index in [4.69, 9.17) is 10.5 Å². The largest absolute Gasteiger partial charge is 0.468 e. The van der Waals surface area contributed by atoms with E-state index in [1.54, 1.807) is 6.92 Å². The number of hydrogen-bond acceptors (Lipinski definition) is 4. The molecule has 1 aromatic carbocycles. The highest BCUT2D eigenvalue weighted by Gasteiger charge is 2.40. The van der Waals surface area contributed by atoms with Crippen LogP contribution in [-0.4, -0.2) is 30.8 Å². The Bertz CT molecular complexity index is 431. The summed E-state index contributed by atoms with van der Waals surface area (Å²) in [5.74, 6) is -0.343. The summed E-state index contributed by atoms with van der Waals surface area (Å²) in [6, 6.07) is 7.66. The van der Waals surface area contributed by atoms with Crippen molar-refractivity contribution in [2.24, 2.45) is 5.73 Å². The van der Waals surface area contributed by atoms with E-state index in [1.807, 2.05) is 31.2 Å². The van der Waals surface area contributed by atoms with Gasteiger partial charge in [-0.05, 0) is 37.8 Å². The predicted molar refractivity (Wildman–Crippen MR) is 74.8 cm³/mol. The molecule has 0 saturated carbocycles. The number of aliphatic hydroxyl groups excluding tert-OH is 1. The molecule has 3 N–H and O–H groups in total. The maximum Gasteiger partial charge on any atom is 0.317 e. The zero-order chi connectivity index (χ0) is 14.5. The molecule has 0 aliphatic heterocycles. The molecule has 4 nitrogen and oxygen atoms in total. The summed E-state index contributed by atoms with van der Waals surface area (Å²) in [7, 11) is 1.37. The number of methoxy groups -OCH3 is 1. The summed E-state index contributed by atoms with van der Waals surface area (Å²) >= 11 is 0. The molecule has 0 radical (unpaired) electrons. The van der Waals surface area contributed by atoms with Crippen molar-refractivity contribution >= 4 is 5.97 Å². The third-order valence-corrected chi connectivity index (χ3v) is 3.57. The third kappa shape index (κ3) is 3.33. The number of carbonyl (C=O) groups is 1. The van der Waals surface area contributed by atoms with Crippen molar-refractivity contribution in [3.63, 3.8) is 0 Å². The lowest BCUT2D eigenvalue weighted by Crippen LogP contribution is -2.45. The van der Waals surface area contributed by atoms with Gasteiger partial charge in [-0.15, -0.1) is 0 Å². The molecule has 106 valence electrons. The van der Waals surface area contributed by atoms with Gasteiger partial charge in [0.05, 0.1) is 13.2 Å². The van der Waals surface area contributed by atoms with Crippen molar-refractivity contribution in [1.29, 1.82) is 0 Å². The smallest absolute Gasteiger partial charge is 0.317 e. The number of hydrogen-bond donors (Lipinski definition) is 2. The molecule has 0 amide bonds. The van der Waals surface area contributed by atoms with Crippen molar-refractivity contribution in [2.75, 3.05) is 13.7 Å². The van der Waals surface area contributed by atoms with E-state index in [0.717, 1.165) is 11.1 Å². The Morgan fingerprint density at radius 2 is 2.11 bits per heavy atom. The van der Waals surface area contributed by atoms with E-state index >= 15 is 0 Å². The van der Waals surface area contributed by atoms with Crippen molar-refractivity contribution in [2.45, 2.75) is 38.2 Å². The number of aliphatic hydroxyl groups is 1. The Morgan fingerprint density at radius 3 is 2.58 bits per heavy atom. The fourth-order valence-electron chi connectivity index (χ4n) is 2.40. The highest BCUT2D eigenvalue weighted by atomic mass is 16.5. The molecule has 0 spiro atoms. The van der Waals surface area contributed by atoms with Gasteiger partial charge >= 0.3 is 5.97 Å². The van der Waals surface area contributed by atoms with E-state index in [0.29, 0.717) is 12.8 Å². The van der Waals surface area contributed by atoms with Gasteiger partial charge in [0.1, 0.15) is 5.41 Å². The Balaban J connectivity index is 3.24. The molecule has 0 fully saturated rings. The quantitative estimate of drug-likeness (QED) is 0.765. The maximum atomic E-state index is 12.2. The molecule has 0 aliphatic rings. The first-order valence-electron chi connectivity index (χ1n) is 6.50. The minimum absolute atomic E-state index is 0.164. The molecule has 0 heterocycles. The van der Waals surface area contributed by atoms with Crippen molar-refractivity contribution in [3.05, 3.63) is 35.4 Å². The first-order valence-corrected chi connectivity index (χ1v) is 6.50. The summed E-state index contributed by atoms with van der Waals surface area (Å²) in [4.78, 5) is 12.2. The second-order valence-corrected chi connectivity index (χ2v) is 4.98. The molecule has 19 heavy (non-hydrogen) atoms. The van der Waals surface area contributed by atoms with Crippen molar-refractivity contribution in [3.8, 4) is 0 Å². The van der Waals surface area contributed by atoms with Crippen LogP contribution in [0.5, 0.6) is 0 Å². The number of rotatable bonds is 6. The van der Waals surface area contributed by atoms with Gasteiger partial charge in [-0.2, -0.15) is 0 Å². The van der Waals surface area contributed by atoms with Gasteiger partial charge in [0, 0.05) is 6.54 Å². The zero-order valence-corrected chi connectivity index (χ0v) is 11.8. The van der Waals surface area contributed by atoms with Crippen LogP contribution in [0.4, 0.5) is 0 Å². The zero-order valence-electron chi connectivity index (χ0n) is 11.8. The lowest BCUT2D eigenvalue weighted by Gasteiger charge is -2.32. The van der Waals surface area contributed by atoms with Gasteiger partial charge in [-0.1, -0.05) is 24.3 Å². The average Bonchev–Trinajstić information content (AvgIpc) is 2.40. The summed E-state index contributed by atoms with van der Waals surface area (Å²) in [5, 5.41) is 9.49. The lowest BCUT2D eigenvalue weighted by atomic mass is 9.74. The Kier molecular flexibility index (Phi) is 5.51. The Hall–Kier alpha value is -1.39. The standard InChI is InChI=1S/C15H23NO3/c1-11-6-4-5-7-13(11)15(10-16,14(18)19-3)9-8-12(2)17/h4-7,12,17H,8-10,16H2,1-3H3. The highest BCUT2D eigenvalue weighted by molar-refractivity contribution is 5.84. The van der Waals surface area contributed by atoms with E-state index in [-0.39, 0.29) is 12.5 Å². The first kappa shape index (κ1) is 15.7. The van der Waals surface area contributed by atoms with Crippen LogP contribution < -0.4 is 5.73 Å². The van der Waals surface area contributed by atoms with E-state index in [9.17, 15) is 9.90 Å². The second kappa shape index (κ2) is 6.68. The molecular weight excluding hydrogens is 242 g/mol. The molecule has 2 atom stereocenters. The van der Waals surface area contributed by atoms with Gasteiger partial charge < -0.3 is 15.6 Å². The van der Waals surface area contributed by atoms with Crippen LogP contribution in [0.2, 0.25) is 0 Å². The van der Waals surface area contributed by atoms with Gasteiger partial charge in [0.15, 0.2) is 0 Å². The fourth-order valence-corrected chi connectivity index (χ4v) is 2.40. The molecule has 0 saturated heterocycles. The number of ether oxygens (including phenoxy) is 1. The predicted octanol–water partition coefficient (Wildman–Crippen LogP) is 1.53. The monoisotopic (exact) mass is 265 g/mol. The lowest BCUT2D eigenvalue weighted by molar-refractivity contribution is -0.147. The number of benzene rings is 1. The molecule has 2 unspecified atom stereocenters. The van der Waals surface area contributed by atoms with Crippen LogP contribution in [0.15, 0.2) is 24.3 Å². The number of nitrogens with two attached hydrogens (primary N) is 1. The minimum Gasteiger partial charge on any atom is -0.468 e. The summed E-state index contributed by atoms with van der Waals surface area (Å²) in [5.41, 5.74) is 6.89. The van der Waals surface area contributed by atoms with Crippen LogP contribution in [-0.2, 0) is 14.9 Å². The molecule has 1 rings (SSSR count). The van der Waals surface area contributed by atoms with Gasteiger partial charge in [-0.25, -0.2) is 0 Å². The Morgan fingerprint density at radius 1 is 1.47 bits per heavy atom. The third-order valence-electron chi connectivity index (χ3n) is 3.57. The summed E-state index contributed by atoms with van der Waals surface area (Å²) in [6.07, 6.45) is 0.499. The molecule has 0 aromatic heterocycles. The van der Waals surface area contributed by atoms with Gasteiger partial charge in [-0.3, -0.25) is 4.79 Å². The number of carbonyl (C=O) groups excluding carboxylic acids is 1. The average molecular weight is 265 g/mol. The van der Waals surface area contributed by atoms with E-state index < -0.39 is 11.5 Å². The van der Waals surface area contributed by atoms with Crippen molar-refractivity contribution < 1.29 is 14.6 Å². The molecule has 4 heteroatoms. The molecule has 1 aromatic rings. The van der Waals surface area contributed by atoms with Crippen LogP contribution >= 0.6 is 0 Å². The molecule has 0 aliphatic carbocycles. The number of esters is 1. The first-order chi connectivity index (χ1) is 8.97. The molecule has 0 bridgehead atoms. The highest BCUT2D eigenvalue weighted by Crippen LogP contribution is 2.32. The van der Waals surface area contributed by atoms with Crippen LogP contribution in [0, 0.1) is 6.92 Å². The maximum absolute atomic E-state index is 12.2. The number of aryl methyl sites for hydroxylation is 1.